The Morgan fingerprint density at radius 1 is 1.28 bits per heavy atom. The van der Waals surface area contributed by atoms with Gasteiger partial charge in [-0.05, 0) is 49.5 Å². The zero-order valence-corrected chi connectivity index (χ0v) is 14.1. The molecule has 1 aliphatic heterocycles. The number of likely N-dealkylation sites (N-methyl/N-ethyl adjacent to an activating group) is 1. The average molecular weight is 344 g/mol. The Balaban J connectivity index is 1.58. The SMILES string of the molecule is CN1CCOC(CNC(=O)c2cccc(Oc3ccc(F)cc3)c2)C1. The maximum Gasteiger partial charge on any atom is 0.251 e. The number of morpholine rings is 1. The molecule has 1 heterocycles. The topological polar surface area (TPSA) is 50.8 Å². The van der Waals surface area contributed by atoms with E-state index < -0.39 is 0 Å². The van der Waals surface area contributed by atoms with E-state index in [1.807, 2.05) is 7.05 Å². The molecule has 1 amide bonds. The van der Waals surface area contributed by atoms with Crippen LogP contribution in [0.1, 0.15) is 10.4 Å². The zero-order chi connectivity index (χ0) is 17.6. The lowest BCUT2D eigenvalue weighted by molar-refractivity contribution is -0.0175. The van der Waals surface area contributed by atoms with Gasteiger partial charge in [-0.1, -0.05) is 6.07 Å². The van der Waals surface area contributed by atoms with Crippen molar-refractivity contribution in [2.45, 2.75) is 6.10 Å². The number of hydrogen-bond donors (Lipinski definition) is 1. The first-order valence-corrected chi connectivity index (χ1v) is 8.22. The summed E-state index contributed by atoms with van der Waals surface area (Å²) in [7, 11) is 2.04. The summed E-state index contributed by atoms with van der Waals surface area (Å²) in [6.07, 6.45) is 0.00125. The van der Waals surface area contributed by atoms with Gasteiger partial charge in [0.05, 0.1) is 12.7 Å². The Morgan fingerprint density at radius 2 is 2.08 bits per heavy atom. The highest BCUT2D eigenvalue weighted by atomic mass is 19.1. The summed E-state index contributed by atoms with van der Waals surface area (Å²) in [5.74, 6) is 0.531. The molecule has 0 radical (unpaired) electrons. The largest absolute Gasteiger partial charge is 0.457 e. The smallest absolute Gasteiger partial charge is 0.251 e. The molecular formula is C19H21FN2O3. The number of rotatable bonds is 5. The number of amides is 1. The van der Waals surface area contributed by atoms with E-state index in [1.165, 1.54) is 12.1 Å². The Labute approximate surface area is 146 Å². The summed E-state index contributed by atoms with van der Waals surface area (Å²) in [4.78, 5) is 14.5. The van der Waals surface area contributed by atoms with Crippen LogP contribution in [0.4, 0.5) is 4.39 Å². The van der Waals surface area contributed by atoms with Crippen LogP contribution < -0.4 is 10.1 Å². The minimum absolute atomic E-state index is 0.00125. The Morgan fingerprint density at radius 3 is 2.84 bits per heavy atom. The highest BCUT2D eigenvalue weighted by molar-refractivity contribution is 5.94. The number of ether oxygens (including phenoxy) is 2. The Bertz CT molecular complexity index is 721. The number of benzene rings is 2. The average Bonchev–Trinajstić information content (AvgIpc) is 2.62. The predicted octanol–water partition coefficient (Wildman–Crippen LogP) is 2.68. The lowest BCUT2D eigenvalue weighted by Crippen LogP contribution is -2.45. The highest BCUT2D eigenvalue weighted by Crippen LogP contribution is 2.22. The van der Waals surface area contributed by atoms with Gasteiger partial charge < -0.3 is 19.7 Å². The minimum atomic E-state index is -0.323. The summed E-state index contributed by atoms with van der Waals surface area (Å²) in [5, 5.41) is 2.89. The molecule has 0 bridgehead atoms. The Hall–Kier alpha value is -2.44. The number of halogens is 1. The molecule has 1 fully saturated rings. The molecule has 6 heteroatoms. The van der Waals surface area contributed by atoms with Crippen LogP contribution in [0, 0.1) is 5.82 Å². The number of nitrogens with zero attached hydrogens (tertiary/aromatic N) is 1. The van der Waals surface area contributed by atoms with Crippen LogP contribution in [0.25, 0.3) is 0 Å². The summed E-state index contributed by atoms with van der Waals surface area (Å²) in [6, 6.07) is 12.6. The first-order chi connectivity index (χ1) is 12.1. The first kappa shape index (κ1) is 17.4. The van der Waals surface area contributed by atoms with E-state index in [1.54, 1.807) is 36.4 Å². The fourth-order valence-corrected chi connectivity index (χ4v) is 2.64. The maximum absolute atomic E-state index is 12.9. The van der Waals surface area contributed by atoms with Crippen LogP contribution in [0.3, 0.4) is 0 Å². The second-order valence-electron chi connectivity index (χ2n) is 6.05. The van der Waals surface area contributed by atoms with Crippen LogP contribution in [0.15, 0.2) is 48.5 Å². The van der Waals surface area contributed by atoms with Crippen molar-refractivity contribution in [2.24, 2.45) is 0 Å². The van der Waals surface area contributed by atoms with Gasteiger partial charge in [0.2, 0.25) is 0 Å². The van der Waals surface area contributed by atoms with E-state index in [4.69, 9.17) is 9.47 Å². The molecule has 1 unspecified atom stereocenters. The third-order valence-corrected chi connectivity index (χ3v) is 3.98. The van der Waals surface area contributed by atoms with Crippen LogP contribution in [-0.4, -0.2) is 50.2 Å². The summed E-state index contributed by atoms with van der Waals surface area (Å²) < 4.78 is 24.2. The van der Waals surface area contributed by atoms with E-state index in [-0.39, 0.29) is 17.8 Å². The molecule has 1 aliphatic rings. The van der Waals surface area contributed by atoms with Gasteiger partial charge in [0.15, 0.2) is 0 Å². The summed E-state index contributed by atoms with van der Waals surface area (Å²) in [5.41, 5.74) is 0.503. The lowest BCUT2D eigenvalue weighted by atomic mass is 10.2. The van der Waals surface area contributed by atoms with Crippen molar-refractivity contribution < 1.29 is 18.7 Å². The fraction of sp³-hybridized carbons (Fsp3) is 0.316. The molecule has 0 aromatic heterocycles. The number of carbonyl (C=O) groups excluding carboxylic acids is 1. The molecule has 0 saturated carbocycles. The Kier molecular flexibility index (Phi) is 5.63. The fourth-order valence-electron chi connectivity index (χ4n) is 2.64. The van der Waals surface area contributed by atoms with Crippen molar-refractivity contribution in [1.82, 2.24) is 10.2 Å². The van der Waals surface area contributed by atoms with Crippen molar-refractivity contribution in [1.29, 1.82) is 0 Å². The molecular weight excluding hydrogens is 323 g/mol. The quantitative estimate of drug-likeness (QED) is 0.906. The van der Waals surface area contributed by atoms with Crippen LogP contribution in [0.2, 0.25) is 0 Å². The lowest BCUT2D eigenvalue weighted by Gasteiger charge is -2.30. The molecule has 2 aromatic carbocycles. The van der Waals surface area contributed by atoms with Gasteiger partial charge in [-0.3, -0.25) is 4.79 Å². The van der Waals surface area contributed by atoms with Gasteiger partial charge in [0.25, 0.3) is 5.91 Å². The molecule has 3 rings (SSSR count). The predicted molar refractivity (Wildman–Crippen MR) is 92.5 cm³/mol. The number of carbonyl (C=O) groups is 1. The second-order valence-corrected chi connectivity index (χ2v) is 6.05. The molecule has 1 saturated heterocycles. The van der Waals surface area contributed by atoms with E-state index in [9.17, 15) is 9.18 Å². The van der Waals surface area contributed by atoms with E-state index in [0.29, 0.717) is 30.2 Å². The third kappa shape index (κ3) is 5.01. The molecule has 1 N–H and O–H groups in total. The van der Waals surface area contributed by atoms with Gasteiger partial charge in [0, 0.05) is 25.2 Å². The molecule has 1 atom stereocenters. The van der Waals surface area contributed by atoms with E-state index >= 15 is 0 Å². The van der Waals surface area contributed by atoms with Crippen molar-refractivity contribution >= 4 is 5.91 Å². The van der Waals surface area contributed by atoms with Gasteiger partial charge in [-0.2, -0.15) is 0 Å². The van der Waals surface area contributed by atoms with Gasteiger partial charge in [0.1, 0.15) is 17.3 Å². The van der Waals surface area contributed by atoms with Gasteiger partial charge >= 0.3 is 0 Å². The maximum atomic E-state index is 12.9. The first-order valence-electron chi connectivity index (χ1n) is 8.22. The molecule has 2 aromatic rings. The molecule has 132 valence electrons. The minimum Gasteiger partial charge on any atom is -0.457 e. The van der Waals surface area contributed by atoms with E-state index in [0.717, 1.165) is 13.1 Å². The van der Waals surface area contributed by atoms with Gasteiger partial charge in [-0.15, -0.1) is 0 Å². The van der Waals surface area contributed by atoms with Crippen molar-refractivity contribution in [2.75, 3.05) is 33.3 Å². The van der Waals surface area contributed by atoms with E-state index in [2.05, 4.69) is 10.2 Å². The highest BCUT2D eigenvalue weighted by Gasteiger charge is 2.18. The second kappa shape index (κ2) is 8.09. The van der Waals surface area contributed by atoms with Crippen LogP contribution in [0.5, 0.6) is 11.5 Å². The van der Waals surface area contributed by atoms with Crippen molar-refractivity contribution in [3.05, 3.63) is 59.9 Å². The van der Waals surface area contributed by atoms with Crippen molar-refractivity contribution in [3.63, 3.8) is 0 Å². The monoisotopic (exact) mass is 344 g/mol. The van der Waals surface area contributed by atoms with Gasteiger partial charge in [-0.25, -0.2) is 4.39 Å². The van der Waals surface area contributed by atoms with Crippen molar-refractivity contribution in [3.8, 4) is 11.5 Å². The standard InChI is InChI=1S/C19H21FN2O3/c1-22-9-10-24-18(13-22)12-21-19(23)14-3-2-4-17(11-14)25-16-7-5-15(20)6-8-16/h2-8,11,18H,9-10,12-13H2,1H3,(H,21,23). The zero-order valence-electron chi connectivity index (χ0n) is 14.1. The molecule has 0 aliphatic carbocycles. The molecule has 0 spiro atoms. The number of hydrogen-bond acceptors (Lipinski definition) is 4. The summed E-state index contributed by atoms with van der Waals surface area (Å²) >= 11 is 0. The number of nitrogens with one attached hydrogen (secondary N) is 1. The molecule has 5 nitrogen and oxygen atoms in total. The normalized spacial score (nSPS) is 17.9. The summed E-state index contributed by atoms with van der Waals surface area (Å²) in [6.45, 7) is 2.85. The van der Waals surface area contributed by atoms with Crippen LogP contribution >= 0.6 is 0 Å². The molecule has 25 heavy (non-hydrogen) atoms. The van der Waals surface area contributed by atoms with Crippen LogP contribution in [-0.2, 0) is 4.74 Å². The third-order valence-electron chi connectivity index (χ3n) is 3.98.